The van der Waals surface area contributed by atoms with Gasteiger partial charge in [-0.05, 0) is 36.2 Å². The maximum atomic E-state index is 13.6. The number of carbonyl (C=O) groups is 1. The molecule has 0 bridgehead atoms. The molecule has 3 aromatic carbocycles. The molecule has 4 aromatic rings. The fraction of sp³-hybridized carbons (Fsp3) is 0.214. The summed E-state index contributed by atoms with van der Waals surface area (Å²) in [4.78, 5) is 15.5. The Kier molecular flexibility index (Phi) is 6.14. The Labute approximate surface area is 204 Å². The zero-order valence-electron chi connectivity index (χ0n) is 19.9. The molecule has 1 aromatic heterocycles. The third kappa shape index (κ3) is 4.10. The lowest BCUT2D eigenvalue weighted by atomic mass is 9.95. The lowest BCUT2D eigenvalue weighted by Crippen LogP contribution is -2.31. The molecule has 1 atom stereocenters. The van der Waals surface area contributed by atoms with Crippen molar-refractivity contribution in [3.05, 3.63) is 95.2 Å². The second-order valence-corrected chi connectivity index (χ2v) is 8.33. The lowest BCUT2D eigenvalue weighted by Gasteiger charge is -2.28. The Morgan fingerprint density at radius 3 is 2.29 bits per heavy atom. The number of aromatic amines is 1. The van der Waals surface area contributed by atoms with Crippen molar-refractivity contribution in [1.29, 1.82) is 0 Å². The molecule has 5 rings (SSSR count). The van der Waals surface area contributed by atoms with E-state index in [0.29, 0.717) is 30.2 Å². The van der Waals surface area contributed by atoms with Gasteiger partial charge in [0.05, 0.1) is 33.1 Å². The first-order valence-electron chi connectivity index (χ1n) is 11.4. The molecule has 1 aliphatic rings. The van der Waals surface area contributed by atoms with E-state index in [1.807, 2.05) is 77.7 Å². The molecule has 0 saturated carbocycles. The summed E-state index contributed by atoms with van der Waals surface area (Å²) < 4.78 is 16.4. The zero-order chi connectivity index (χ0) is 24.4. The van der Waals surface area contributed by atoms with Crippen LogP contribution in [0.25, 0.3) is 11.3 Å². The second-order valence-electron chi connectivity index (χ2n) is 8.33. The average Bonchev–Trinajstić information content (AvgIpc) is 3.46. The van der Waals surface area contributed by atoms with E-state index in [1.165, 1.54) is 0 Å². The number of benzene rings is 3. The van der Waals surface area contributed by atoms with Crippen LogP contribution in [0.3, 0.4) is 0 Å². The van der Waals surface area contributed by atoms with Crippen LogP contribution in [0.4, 0.5) is 0 Å². The minimum absolute atomic E-state index is 0.0777. The van der Waals surface area contributed by atoms with Crippen LogP contribution in [0, 0.1) is 0 Å². The van der Waals surface area contributed by atoms with Crippen molar-refractivity contribution in [3.63, 3.8) is 0 Å². The van der Waals surface area contributed by atoms with E-state index in [4.69, 9.17) is 14.2 Å². The van der Waals surface area contributed by atoms with E-state index in [1.54, 1.807) is 21.3 Å². The molecule has 0 saturated heterocycles. The number of nitrogens with zero attached hydrogens (tertiary/aromatic N) is 2. The largest absolute Gasteiger partial charge is 0.497 e. The van der Waals surface area contributed by atoms with Crippen molar-refractivity contribution in [2.75, 3.05) is 27.9 Å². The molecule has 0 spiro atoms. The first kappa shape index (κ1) is 22.5. The van der Waals surface area contributed by atoms with E-state index in [-0.39, 0.29) is 11.9 Å². The molecule has 1 unspecified atom stereocenters. The molecule has 0 aliphatic carbocycles. The normalized spacial score (nSPS) is 14.7. The highest BCUT2D eigenvalue weighted by Gasteiger charge is 2.43. The maximum Gasteiger partial charge on any atom is 0.273 e. The van der Waals surface area contributed by atoms with Crippen LogP contribution in [0.5, 0.6) is 17.2 Å². The number of H-pyrrole nitrogens is 1. The molecule has 1 N–H and O–H groups in total. The molecule has 178 valence electrons. The van der Waals surface area contributed by atoms with Gasteiger partial charge in [0.2, 0.25) is 0 Å². The summed E-state index contributed by atoms with van der Waals surface area (Å²) in [5.41, 5.74) is 5.10. The molecule has 35 heavy (non-hydrogen) atoms. The van der Waals surface area contributed by atoms with Crippen molar-refractivity contribution in [3.8, 4) is 28.5 Å². The first-order chi connectivity index (χ1) is 17.1. The van der Waals surface area contributed by atoms with Crippen molar-refractivity contribution < 1.29 is 19.0 Å². The SMILES string of the molecule is COc1ccc(CCN2C(=O)c3[nH]nc(-c4ccccc4)c3C2c2ccc(OC)cc2OC)cc1. The van der Waals surface area contributed by atoms with Crippen LogP contribution < -0.4 is 14.2 Å². The number of fused-ring (bicyclic) bond motifs is 1. The van der Waals surface area contributed by atoms with Gasteiger partial charge in [0.15, 0.2) is 0 Å². The van der Waals surface area contributed by atoms with Gasteiger partial charge in [-0.1, -0.05) is 42.5 Å². The molecule has 2 heterocycles. The topological polar surface area (TPSA) is 76.7 Å². The highest BCUT2D eigenvalue weighted by Crippen LogP contribution is 2.46. The van der Waals surface area contributed by atoms with E-state index in [0.717, 1.165) is 33.7 Å². The number of hydrogen-bond donors (Lipinski definition) is 1. The van der Waals surface area contributed by atoms with Crippen LogP contribution in [-0.2, 0) is 6.42 Å². The minimum Gasteiger partial charge on any atom is -0.497 e. The third-order valence-corrected chi connectivity index (χ3v) is 6.45. The predicted octanol–water partition coefficient (Wildman–Crippen LogP) is 4.89. The lowest BCUT2D eigenvalue weighted by molar-refractivity contribution is 0.0744. The highest BCUT2D eigenvalue weighted by molar-refractivity contribution is 6.00. The van der Waals surface area contributed by atoms with Crippen LogP contribution in [-0.4, -0.2) is 48.9 Å². The number of amides is 1. The van der Waals surface area contributed by atoms with Crippen LogP contribution in [0.2, 0.25) is 0 Å². The number of hydrogen-bond acceptors (Lipinski definition) is 5. The Balaban J connectivity index is 1.58. The average molecular weight is 470 g/mol. The van der Waals surface area contributed by atoms with Crippen molar-refractivity contribution in [1.82, 2.24) is 15.1 Å². The van der Waals surface area contributed by atoms with Gasteiger partial charge in [-0.15, -0.1) is 0 Å². The minimum atomic E-state index is -0.356. The smallest absolute Gasteiger partial charge is 0.273 e. The number of methoxy groups -OCH3 is 3. The van der Waals surface area contributed by atoms with Gasteiger partial charge >= 0.3 is 0 Å². The van der Waals surface area contributed by atoms with E-state index in [9.17, 15) is 4.79 Å². The summed E-state index contributed by atoms with van der Waals surface area (Å²) in [6, 6.07) is 23.2. The van der Waals surface area contributed by atoms with Gasteiger partial charge in [0.25, 0.3) is 5.91 Å². The summed E-state index contributed by atoms with van der Waals surface area (Å²) in [5, 5.41) is 7.56. The highest BCUT2D eigenvalue weighted by atomic mass is 16.5. The summed E-state index contributed by atoms with van der Waals surface area (Å²) in [5.74, 6) is 2.08. The second kappa shape index (κ2) is 9.54. The monoisotopic (exact) mass is 469 g/mol. The van der Waals surface area contributed by atoms with Crippen molar-refractivity contribution >= 4 is 5.91 Å². The van der Waals surface area contributed by atoms with Crippen molar-refractivity contribution in [2.24, 2.45) is 0 Å². The fourth-order valence-corrected chi connectivity index (χ4v) is 4.65. The molecule has 1 aliphatic heterocycles. The van der Waals surface area contributed by atoms with E-state index in [2.05, 4.69) is 10.2 Å². The molecule has 1 amide bonds. The van der Waals surface area contributed by atoms with Crippen LogP contribution in [0.1, 0.15) is 33.2 Å². The maximum absolute atomic E-state index is 13.6. The first-order valence-corrected chi connectivity index (χ1v) is 11.4. The third-order valence-electron chi connectivity index (χ3n) is 6.45. The standard InChI is InChI=1S/C28H27N3O4/c1-33-20-11-9-18(10-12-20)15-16-31-27(22-14-13-21(34-2)17-23(22)35-3)24-25(19-7-5-4-6-8-19)29-30-26(24)28(31)32/h4-14,17,27H,15-16H2,1-3H3,(H,29,30). The Morgan fingerprint density at radius 2 is 1.60 bits per heavy atom. The van der Waals surface area contributed by atoms with E-state index >= 15 is 0 Å². The van der Waals surface area contributed by atoms with Gasteiger partial charge < -0.3 is 19.1 Å². The summed E-state index contributed by atoms with van der Waals surface area (Å²) in [6.45, 7) is 0.530. The molecule has 0 fully saturated rings. The Bertz CT molecular complexity index is 1330. The van der Waals surface area contributed by atoms with Gasteiger partial charge in [-0.3, -0.25) is 9.89 Å². The van der Waals surface area contributed by atoms with Gasteiger partial charge in [0.1, 0.15) is 22.9 Å². The Morgan fingerprint density at radius 1 is 0.886 bits per heavy atom. The molecule has 7 nitrogen and oxygen atoms in total. The number of aromatic nitrogens is 2. The predicted molar refractivity (Wildman–Crippen MR) is 133 cm³/mol. The molecular weight excluding hydrogens is 442 g/mol. The Hall–Kier alpha value is -4.26. The van der Waals surface area contributed by atoms with Crippen LogP contribution >= 0.6 is 0 Å². The summed E-state index contributed by atoms with van der Waals surface area (Å²) in [7, 11) is 4.90. The van der Waals surface area contributed by atoms with Gasteiger partial charge in [-0.2, -0.15) is 5.10 Å². The van der Waals surface area contributed by atoms with Gasteiger partial charge in [0, 0.05) is 29.3 Å². The number of carbonyl (C=O) groups excluding carboxylic acids is 1. The number of rotatable bonds is 8. The fourth-order valence-electron chi connectivity index (χ4n) is 4.65. The number of nitrogens with one attached hydrogen (secondary N) is 1. The zero-order valence-corrected chi connectivity index (χ0v) is 19.9. The van der Waals surface area contributed by atoms with E-state index < -0.39 is 0 Å². The molecule has 0 radical (unpaired) electrons. The summed E-state index contributed by atoms with van der Waals surface area (Å²) >= 11 is 0. The molecular formula is C28H27N3O4. The summed E-state index contributed by atoms with van der Waals surface area (Å²) in [6.07, 6.45) is 0.697. The quantitative estimate of drug-likeness (QED) is 0.398. The van der Waals surface area contributed by atoms with Gasteiger partial charge in [-0.25, -0.2) is 0 Å². The van der Waals surface area contributed by atoms with Crippen molar-refractivity contribution in [2.45, 2.75) is 12.5 Å². The van der Waals surface area contributed by atoms with Crippen LogP contribution in [0.15, 0.2) is 72.8 Å². The number of ether oxygens (including phenoxy) is 3. The molecule has 7 heteroatoms.